The van der Waals surface area contributed by atoms with Crippen molar-refractivity contribution in [2.24, 2.45) is 0 Å². The Hall–Kier alpha value is -1.83. The van der Waals surface area contributed by atoms with Gasteiger partial charge in [-0.2, -0.15) is 0 Å². The molecule has 122 valence electrons. The number of urea groups is 1. The van der Waals surface area contributed by atoms with Crippen LogP contribution in [-0.2, 0) is 9.84 Å². The van der Waals surface area contributed by atoms with E-state index in [1.54, 1.807) is 18.3 Å². The van der Waals surface area contributed by atoms with Gasteiger partial charge in [0.15, 0.2) is 9.84 Å². The van der Waals surface area contributed by atoms with Gasteiger partial charge in [-0.3, -0.25) is 0 Å². The molecular weight excluding hydrogens is 304 g/mol. The van der Waals surface area contributed by atoms with Crippen molar-refractivity contribution in [3.05, 3.63) is 18.3 Å². The molecule has 2 rings (SSSR count). The summed E-state index contributed by atoms with van der Waals surface area (Å²) in [5.74, 6) is 1.09. The average molecular weight is 326 g/mol. The molecule has 0 bridgehead atoms. The average Bonchev–Trinajstić information content (AvgIpc) is 2.78. The maximum atomic E-state index is 11.6. The molecule has 1 saturated heterocycles. The lowest BCUT2D eigenvalue weighted by Gasteiger charge is -2.24. The van der Waals surface area contributed by atoms with Crippen LogP contribution in [0.25, 0.3) is 0 Å². The summed E-state index contributed by atoms with van der Waals surface area (Å²) in [5.41, 5.74) is 0.592. The Morgan fingerprint density at radius 1 is 1.41 bits per heavy atom. The topological polar surface area (TPSA) is 91.4 Å². The zero-order valence-electron chi connectivity index (χ0n) is 13.0. The van der Waals surface area contributed by atoms with Gasteiger partial charge in [-0.15, -0.1) is 0 Å². The van der Waals surface area contributed by atoms with Gasteiger partial charge in [0.1, 0.15) is 5.82 Å². The van der Waals surface area contributed by atoms with E-state index in [2.05, 4.69) is 15.6 Å². The number of hydrogen-bond acceptors (Lipinski definition) is 5. The van der Waals surface area contributed by atoms with E-state index < -0.39 is 9.84 Å². The van der Waals surface area contributed by atoms with Crippen LogP contribution in [0.5, 0.6) is 0 Å². The summed E-state index contributed by atoms with van der Waals surface area (Å²) in [6.07, 6.45) is 2.19. The van der Waals surface area contributed by atoms with E-state index in [-0.39, 0.29) is 29.6 Å². The maximum Gasteiger partial charge on any atom is 0.319 e. The normalized spacial score (nSPS) is 19.9. The van der Waals surface area contributed by atoms with Crippen molar-refractivity contribution < 1.29 is 13.2 Å². The minimum atomic E-state index is -2.92. The highest BCUT2D eigenvalue weighted by molar-refractivity contribution is 7.91. The molecule has 8 heteroatoms. The first-order valence-corrected chi connectivity index (χ1v) is 9.06. The maximum absolute atomic E-state index is 11.6. The van der Waals surface area contributed by atoms with Crippen LogP contribution >= 0.6 is 0 Å². The lowest BCUT2D eigenvalue weighted by molar-refractivity contribution is 0.250. The van der Waals surface area contributed by atoms with Crippen LogP contribution in [-0.4, -0.2) is 50.1 Å². The van der Waals surface area contributed by atoms with Crippen LogP contribution in [0, 0.1) is 0 Å². The van der Waals surface area contributed by atoms with E-state index in [0.29, 0.717) is 17.9 Å². The molecule has 22 heavy (non-hydrogen) atoms. The molecule has 1 aromatic rings. The van der Waals surface area contributed by atoms with Gasteiger partial charge in [0.05, 0.1) is 23.4 Å². The standard InChI is InChI=1S/C14H22N4O3S/c1-10(2)16-14(19)17-11-4-5-13(15-8-11)18(3)12-6-7-22(20,21)9-12/h4-5,8,10,12H,6-7,9H2,1-3H3,(H2,16,17,19). The number of anilines is 2. The molecule has 0 radical (unpaired) electrons. The summed E-state index contributed by atoms with van der Waals surface area (Å²) >= 11 is 0. The van der Waals surface area contributed by atoms with Gasteiger partial charge in [0, 0.05) is 19.1 Å². The van der Waals surface area contributed by atoms with Crippen LogP contribution in [0.2, 0.25) is 0 Å². The molecule has 1 aromatic heterocycles. The van der Waals surface area contributed by atoms with Crippen molar-refractivity contribution in [1.82, 2.24) is 10.3 Å². The Labute approximate surface area is 131 Å². The van der Waals surface area contributed by atoms with Crippen LogP contribution in [0.3, 0.4) is 0 Å². The third kappa shape index (κ3) is 4.33. The number of hydrogen-bond donors (Lipinski definition) is 2. The van der Waals surface area contributed by atoms with Gasteiger partial charge in [0.25, 0.3) is 0 Å². The van der Waals surface area contributed by atoms with E-state index in [4.69, 9.17) is 0 Å². The lowest BCUT2D eigenvalue weighted by atomic mass is 10.2. The van der Waals surface area contributed by atoms with E-state index in [9.17, 15) is 13.2 Å². The molecule has 7 nitrogen and oxygen atoms in total. The number of aromatic nitrogens is 1. The second kappa shape index (κ2) is 6.51. The molecule has 0 saturated carbocycles. The zero-order chi connectivity index (χ0) is 16.3. The number of carbonyl (C=O) groups is 1. The Kier molecular flexibility index (Phi) is 4.90. The Morgan fingerprint density at radius 2 is 2.14 bits per heavy atom. The highest BCUT2D eigenvalue weighted by Crippen LogP contribution is 2.22. The first kappa shape index (κ1) is 16.5. The first-order chi connectivity index (χ1) is 10.3. The lowest BCUT2D eigenvalue weighted by Crippen LogP contribution is -2.34. The summed E-state index contributed by atoms with van der Waals surface area (Å²) < 4.78 is 23.1. The minimum absolute atomic E-state index is 0.0412. The van der Waals surface area contributed by atoms with Crippen molar-refractivity contribution >= 4 is 27.4 Å². The number of amides is 2. The summed E-state index contributed by atoms with van der Waals surface area (Å²) in [5, 5.41) is 5.42. The summed E-state index contributed by atoms with van der Waals surface area (Å²) in [4.78, 5) is 17.8. The van der Waals surface area contributed by atoms with Gasteiger partial charge in [-0.05, 0) is 32.4 Å². The van der Waals surface area contributed by atoms with Crippen molar-refractivity contribution in [3.8, 4) is 0 Å². The van der Waals surface area contributed by atoms with Gasteiger partial charge < -0.3 is 15.5 Å². The van der Waals surface area contributed by atoms with E-state index >= 15 is 0 Å². The quantitative estimate of drug-likeness (QED) is 0.868. The van der Waals surface area contributed by atoms with Crippen LogP contribution < -0.4 is 15.5 Å². The third-order valence-electron chi connectivity index (χ3n) is 3.54. The largest absolute Gasteiger partial charge is 0.356 e. The second-order valence-corrected chi connectivity index (χ2v) is 8.05. The molecule has 2 amide bonds. The second-order valence-electron chi connectivity index (χ2n) is 5.83. The van der Waals surface area contributed by atoms with Crippen molar-refractivity contribution in [3.63, 3.8) is 0 Å². The van der Waals surface area contributed by atoms with Gasteiger partial charge in [-0.25, -0.2) is 18.2 Å². The highest BCUT2D eigenvalue weighted by Gasteiger charge is 2.31. The van der Waals surface area contributed by atoms with Crippen LogP contribution in [0.1, 0.15) is 20.3 Å². The summed E-state index contributed by atoms with van der Waals surface area (Å²) in [6, 6.07) is 3.26. The molecule has 1 aliphatic heterocycles. The fraction of sp³-hybridized carbons (Fsp3) is 0.571. The number of rotatable bonds is 4. The Bertz CT molecular complexity index is 628. The predicted octanol–water partition coefficient (Wildman–Crippen LogP) is 1.23. The molecule has 1 atom stereocenters. The van der Waals surface area contributed by atoms with Crippen molar-refractivity contribution in [2.75, 3.05) is 28.8 Å². The number of nitrogens with zero attached hydrogens (tertiary/aromatic N) is 2. The molecule has 0 aromatic carbocycles. The van der Waals surface area contributed by atoms with Crippen LogP contribution in [0.4, 0.5) is 16.3 Å². The summed E-state index contributed by atoms with van der Waals surface area (Å²) in [6.45, 7) is 3.76. The minimum Gasteiger partial charge on any atom is -0.356 e. The molecule has 0 aliphatic carbocycles. The zero-order valence-corrected chi connectivity index (χ0v) is 13.9. The van der Waals surface area contributed by atoms with Gasteiger partial charge >= 0.3 is 6.03 Å². The number of sulfone groups is 1. The first-order valence-electron chi connectivity index (χ1n) is 7.23. The molecule has 1 fully saturated rings. The Balaban J connectivity index is 1.98. The van der Waals surface area contributed by atoms with Gasteiger partial charge in [-0.1, -0.05) is 0 Å². The van der Waals surface area contributed by atoms with Gasteiger partial charge in [0.2, 0.25) is 0 Å². The summed E-state index contributed by atoms with van der Waals surface area (Å²) in [7, 11) is -1.08. The SMILES string of the molecule is CC(C)NC(=O)Nc1ccc(N(C)C2CCS(=O)(=O)C2)nc1. The molecule has 2 N–H and O–H groups in total. The molecule has 2 heterocycles. The fourth-order valence-electron chi connectivity index (χ4n) is 2.37. The van der Waals surface area contributed by atoms with Crippen molar-refractivity contribution in [1.29, 1.82) is 0 Å². The highest BCUT2D eigenvalue weighted by atomic mass is 32.2. The number of pyridine rings is 1. The Morgan fingerprint density at radius 3 is 2.64 bits per heavy atom. The van der Waals surface area contributed by atoms with E-state index in [1.807, 2.05) is 25.8 Å². The molecule has 0 spiro atoms. The monoisotopic (exact) mass is 326 g/mol. The van der Waals surface area contributed by atoms with E-state index in [0.717, 1.165) is 0 Å². The number of nitrogens with one attached hydrogen (secondary N) is 2. The molecule has 1 aliphatic rings. The number of carbonyl (C=O) groups excluding carboxylic acids is 1. The molecular formula is C14H22N4O3S. The van der Waals surface area contributed by atoms with Crippen LogP contribution in [0.15, 0.2) is 18.3 Å². The van der Waals surface area contributed by atoms with Crippen molar-refractivity contribution in [2.45, 2.75) is 32.4 Å². The predicted molar refractivity (Wildman–Crippen MR) is 87.0 cm³/mol. The van der Waals surface area contributed by atoms with E-state index in [1.165, 1.54) is 0 Å². The molecule has 1 unspecified atom stereocenters. The smallest absolute Gasteiger partial charge is 0.319 e. The fourth-order valence-corrected chi connectivity index (χ4v) is 4.14. The third-order valence-corrected chi connectivity index (χ3v) is 5.29.